The Balaban J connectivity index is 1.24. The van der Waals surface area contributed by atoms with Gasteiger partial charge in [0.15, 0.2) is 0 Å². The van der Waals surface area contributed by atoms with Crippen molar-refractivity contribution in [3.8, 4) is 0 Å². The van der Waals surface area contributed by atoms with Crippen LogP contribution in [-0.2, 0) is 11.2 Å². The molecule has 0 radical (unpaired) electrons. The Kier molecular flexibility index (Phi) is 5.34. The predicted octanol–water partition coefficient (Wildman–Crippen LogP) is 4.03. The molecule has 1 aliphatic rings. The average Bonchev–Trinajstić information content (AvgIpc) is 3.34. The minimum absolute atomic E-state index is 0.0776. The summed E-state index contributed by atoms with van der Waals surface area (Å²) in [6, 6.07) is 19.0. The molecule has 10 heteroatoms. The first-order chi connectivity index (χ1) is 16.4. The second-order valence-corrected chi connectivity index (χ2v) is 8.77. The summed E-state index contributed by atoms with van der Waals surface area (Å²) in [5, 5.41) is 14.9. The van der Waals surface area contributed by atoms with Gasteiger partial charge in [0, 0.05) is 18.2 Å². The van der Waals surface area contributed by atoms with E-state index in [0.717, 1.165) is 26.9 Å². The number of anilines is 1. The molecule has 3 amide bonds. The summed E-state index contributed by atoms with van der Waals surface area (Å²) in [4.78, 5) is 53.5. The van der Waals surface area contributed by atoms with Crippen molar-refractivity contribution in [1.29, 1.82) is 0 Å². The van der Waals surface area contributed by atoms with E-state index in [1.807, 2.05) is 36.4 Å². The van der Waals surface area contributed by atoms with Crippen LogP contribution in [0.5, 0.6) is 0 Å². The standard InChI is InChI=1S/C24H16N4O5S/c29-20(13-27-23(30)16-4-3-6-18(28(32)33)22(16)24(27)31)25-15-10-8-14(9-11-15)12-21-26-17-5-1-2-7-19(17)34-21/h1-11H,12-13H2,(H,25,29). The van der Waals surface area contributed by atoms with Gasteiger partial charge < -0.3 is 5.32 Å². The van der Waals surface area contributed by atoms with Gasteiger partial charge in [-0.3, -0.25) is 29.4 Å². The molecule has 5 rings (SSSR count). The van der Waals surface area contributed by atoms with Crippen molar-refractivity contribution in [2.75, 3.05) is 11.9 Å². The number of para-hydroxylation sites is 1. The highest BCUT2D eigenvalue weighted by atomic mass is 32.1. The Morgan fingerprint density at radius 3 is 2.50 bits per heavy atom. The van der Waals surface area contributed by atoms with Gasteiger partial charge in [0.25, 0.3) is 17.5 Å². The number of nitro groups is 1. The molecular formula is C24H16N4O5S. The van der Waals surface area contributed by atoms with Crippen molar-refractivity contribution < 1.29 is 19.3 Å². The highest BCUT2D eigenvalue weighted by Crippen LogP contribution is 2.30. The van der Waals surface area contributed by atoms with Gasteiger partial charge in [0.05, 0.1) is 25.7 Å². The number of carbonyl (C=O) groups is 3. The Hall–Kier alpha value is -4.44. The smallest absolute Gasteiger partial charge is 0.282 e. The van der Waals surface area contributed by atoms with E-state index in [9.17, 15) is 24.5 Å². The molecule has 0 aliphatic carbocycles. The third-order valence-electron chi connectivity index (χ3n) is 5.41. The van der Waals surface area contributed by atoms with E-state index in [1.54, 1.807) is 23.5 Å². The van der Waals surface area contributed by atoms with Crippen LogP contribution in [0.3, 0.4) is 0 Å². The minimum atomic E-state index is -0.853. The van der Waals surface area contributed by atoms with Crippen LogP contribution in [0, 0.1) is 10.1 Å². The molecule has 0 spiro atoms. The third-order valence-corrected chi connectivity index (χ3v) is 6.44. The monoisotopic (exact) mass is 472 g/mol. The molecule has 0 atom stereocenters. The predicted molar refractivity (Wildman–Crippen MR) is 126 cm³/mol. The van der Waals surface area contributed by atoms with Crippen molar-refractivity contribution in [2.24, 2.45) is 0 Å². The Bertz CT molecular complexity index is 1450. The number of rotatable bonds is 6. The van der Waals surface area contributed by atoms with Gasteiger partial charge in [-0.05, 0) is 35.9 Å². The van der Waals surface area contributed by atoms with E-state index in [-0.39, 0.29) is 11.1 Å². The van der Waals surface area contributed by atoms with Crippen LogP contribution in [0.15, 0.2) is 66.7 Å². The summed E-state index contributed by atoms with van der Waals surface area (Å²) in [6.07, 6.45) is 0.654. The van der Waals surface area contributed by atoms with Gasteiger partial charge in [-0.1, -0.05) is 30.3 Å². The lowest BCUT2D eigenvalue weighted by Crippen LogP contribution is -2.37. The summed E-state index contributed by atoms with van der Waals surface area (Å²) in [6.45, 7) is -0.545. The fourth-order valence-corrected chi connectivity index (χ4v) is 4.83. The van der Waals surface area contributed by atoms with Gasteiger partial charge in [-0.15, -0.1) is 11.3 Å². The molecule has 1 aromatic heterocycles. The number of amides is 3. The zero-order valence-electron chi connectivity index (χ0n) is 17.6. The number of imide groups is 1. The lowest BCUT2D eigenvalue weighted by atomic mass is 10.1. The molecule has 1 aliphatic heterocycles. The zero-order valence-corrected chi connectivity index (χ0v) is 18.4. The molecule has 3 aromatic carbocycles. The maximum Gasteiger partial charge on any atom is 0.282 e. The fraction of sp³-hybridized carbons (Fsp3) is 0.0833. The number of hydrogen-bond donors (Lipinski definition) is 1. The first-order valence-electron chi connectivity index (χ1n) is 10.3. The van der Waals surface area contributed by atoms with Crippen LogP contribution in [0.2, 0.25) is 0 Å². The quantitative estimate of drug-likeness (QED) is 0.257. The summed E-state index contributed by atoms with van der Waals surface area (Å²) in [7, 11) is 0. The molecule has 0 saturated heterocycles. The van der Waals surface area contributed by atoms with Gasteiger partial charge in [-0.2, -0.15) is 0 Å². The van der Waals surface area contributed by atoms with E-state index in [2.05, 4.69) is 10.3 Å². The molecule has 168 valence electrons. The number of hydrogen-bond acceptors (Lipinski definition) is 7. The Morgan fingerprint density at radius 2 is 1.76 bits per heavy atom. The van der Waals surface area contributed by atoms with Crippen molar-refractivity contribution in [2.45, 2.75) is 6.42 Å². The van der Waals surface area contributed by atoms with Crippen LogP contribution in [0.1, 0.15) is 31.3 Å². The first-order valence-corrected chi connectivity index (χ1v) is 11.1. The number of nitrogens with one attached hydrogen (secondary N) is 1. The summed E-state index contributed by atoms with van der Waals surface area (Å²) in [5.41, 5.74) is 1.66. The van der Waals surface area contributed by atoms with Gasteiger partial charge in [-0.25, -0.2) is 4.98 Å². The van der Waals surface area contributed by atoms with Crippen molar-refractivity contribution in [3.05, 3.63) is 98.5 Å². The highest BCUT2D eigenvalue weighted by Gasteiger charge is 2.41. The number of nitrogens with zero attached hydrogens (tertiary/aromatic N) is 3. The van der Waals surface area contributed by atoms with E-state index in [4.69, 9.17) is 0 Å². The maximum atomic E-state index is 12.6. The SMILES string of the molecule is O=C(CN1C(=O)c2cccc([N+](=O)[O-])c2C1=O)Nc1ccc(Cc2nc3ccccc3s2)cc1. The number of fused-ring (bicyclic) bond motifs is 2. The lowest BCUT2D eigenvalue weighted by molar-refractivity contribution is -0.385. The van der Waals surface area contributed by atoms with Gasteiger partial charge >= 0.3 is 0 Å². The van der Waals surface area contributed by atoms with Crippen molar-refractivity contribution in [1.82, 2.24) is 9.88 Å². The lowest BCUT2D eigenvalue weighted by Gasteiger charge is -2.13. The number of thiazole rings is 1. The first kappa shape index (κ1) is 21.4. The molecule has 0 fully saturated rings. The van der Waals surface area contributed by atoms with Gasteiger partial charge in [0.1, 0.15) is 12.1 Å². The summed E-state index contributed by atoms with van der Waals surface area (Å²) >= 11 is 1.63. The third kappa shape index (κ3) is 3.90. The largest absolute Gasteiger partial charge is 0.325 e. The molecule has 4 aromatic rings. The number of nitro benzene ring substituents is 1. The highest BCUT2D eigenvalue weighted by molar-refractivity contribution is 7.18. The van der Waals surface area contributed by atoms with E-state index >= 15 is 0 Å². The molecule has 1 N–H and O–H groups in total. The van der Waals surface area contributed by atoms with E-state index in [1.165, 1.54) is 12.1 Å². The van der Waals surface area contributed by atoms with Crippen molar-refractivity contribution in [3.63, 3.8) is 0 Å². The topological polar surface area (TPSA) is 123 Å². The zero-order chi connectivity index (χ0) is 23.8. The molecule has 0 bridgehead atoms. The summed E-state index contributed by atoms with van der Waals surface area (Å²) in [5.74, 6) is -2.17. The van der Waals surface area contributed by atoms with Crippen molar-refractivity contribution >= 4 is 50.6 Å². The maximum absolute atomic E-state index is 12.6. The number of carbonyl (C=O) groups excluding carboxylic acids is 3. The van der Waals surface area contributed by atoms with Crippen LogP contribution in [-0.4, -0.2) is 39.1 Å². The Labute approximate surface area is 196 Å². The number of aromatic nitrogens is 1. The second-order valence-electron chi connectivity index (χ2n) is 7.65. The fourth-order valence-electron chi connectivity index (χ4n) is 3.83. The normalized spacial score (nSPS) is 12.8. The van der Waals surface area contributed by atoms with Crippen LogP contribution in [0.25, 0.3) is 10.2 Å². The number of benzene rings is 3. The molecule has 9 nitrogen and oxygen atoms in total. The molecule has 34 heavy (non-hydrogen) atoms. The van der Waals surface area contributed by atoms with Gasteiger partial charge in [0.2, 0.25) is 5.91 Å². The van der Waals surface area contributed by atoms with Crippen LogP contribution < -0.4 is 5.32 Å². The molecule has 2 heterocycles. The molecular weight excluding hydrogens is 456 g/mol. The van der Waals surface area contributed by atoms with E-state index in [0.29, 0.717) is 17.0 Å². The Morgan fingerprint density at radius 1 is 1.00 bits per heavy atom. The van der Waals surface area contributed by atoms with Crippen LogP contribution >= 0.6 is 11.3 Å². The summed E-state index contributed by atoms with van der Waals surface area (Å²) < 4.78 is 1.12. The minimum Gasteiger partial charge on any atom is -0.325 e. The van der Waals surface area contributed by atoms with Crippen LogP contribution in [0.4, 0.5) is 11.4 Å². The average molecular weight is 472 g/mol. The molecule has 0 saturated carbocycles. The molecule has 0 unspecified atom stereocenters. The van der Waals surface area contributed by atoms with E-state index < -0.39 is 34.9 Å². The second kappa shape index (κ2) is 8.49.